The number of ether oxygens (including phenoxy) is 1. The van der Waals surface area contributed by atoms with Crippen molar-refractivity contribution in [2.24, 2.45) is 0 Å². The third-order valence-electron chi connectivity index (χ3n) is 4.82. The van der Waals surface area contributed by atoms with Crippen LogP contribution in [0, 0.1) is 25.2 Å². The van der Waals surface area contributed by atoms with E-state index in [1.807, 2.05) is 26.0 Å². The summed E-state index contributed by atoms with van der Waals surface area (Å²) in [5.74, 6) is -0.313. The number of aromatic nitrogens is 1. The highest BCUT2D eigenvalue weighted by Crippen LogP contribution is 2.23. The van der Waals surface area contributed by atoms with E-state index in [0.29, 0.717) is 13.1 Å². The molecule has 2 aliphatic rings. The summed E-state index contributed by atoms with van der Waals surface area (Å²) in [4.78, 5) is 13.8. The number of aliphatic hydroxyl groups excluding tert-OH is 1. The molecule has 0 saturated carbocycles. The smallest absolute Gasteiger partial charge is 0.264 e. The normalized spacial score (nSPS) is 21.7. The molecule has 2 aliphatic heterocycles. The van der Waals surface area contributed by atoms with Gasteiger partial charge in [0.25, 0.3) is 5.91 Å². The molecule has 1 amide bonds. The summed E-state index contributed by atoms with van der Waals surface area (Å²) in [5.41, 5.74) is 3.13. The van der Waals surface area contributed by atoms with Crippen LogP contribution < -0.4 is 0 Å². The third-order valence-corrected chi connectivity index (χ3v) is 4.82. The molecule has 1 aromatic rings. The highest BCUT2D eigenvalue weighted by molar-refractivity contribution is 6.02. The van der Waals surface area contributed by atoms with Gasteiger partial charge in [-0.3, -0.25) is 4.79 Å². The van der Waals surface area contributed by atoms with Crippen LogP contribution in [0.2, 0.25) is 0 Å². The van der Waals surface area contributed by atoms with E-state index < -0.39 is 6.10 Å². The summed E-state index contributed by atoms with van der Waals surface area (Å²) < 4.78 is 7.90. The van der Waals surface area contributed by atoms with Crippen LogP contribution in [-0.4, -0.2) is 52.4 Å². The number of amides is 1. The predicted molar refractivity (Wildman–Crippen MR) is 89.1 cm³/mol. The molecule has 128 valence electrons. The lowest BCUT2D eigenvalue weighted by molar-refractivity contribution is -0.136. The van der Waals surface area contributed by atoms with Gasteiger partial charge in [0.1, 0.15) is 11.6 Å². The summed E-state index contributed by atoms with van der Waals surface area (Å²) in [6.45, 7) is 6.26. The minimum absolute atomic E-state index is 0.110. The Labute approximate surface area is 141 Å². The maximum atomic E-state index is 12.3. The van der Waals surface area contributed by atoms with E-state index in [0.717, 1.165) is 42.9 Å². The summed E-state index contributed by atoms with van der Waals surface area (Å²) in [5, 5.41) is 18.7. The van der Waals surface area contributed by atoms with Crippen molar-refractivity contribution in [3.63, 3.8) is 0 Å². The Morgan fingerprint density at radius 3 is 2.83 bits per heavy atom. The third kappa shape index (κ3) is 3.23. The van der Waals surface area contributed by atoms with Crippen molar-refractivity contribution in [1.82, 2.24) is 9.47 Å². The van der Waals surface area contributed by atoms with Crippen molar-refractivity contribution in [3.8, 4) is 6.07 Å². The Morgan fingerprint density at radius 2 is 2.25 bits per heavy atom. The van der Waals surface area contributed by atoms with Gasteiger partial charge in [-0.2, -0.15) is 5.26 Å². The minimum atomic E-state index is -0.467. The van der Waals surface area contributed by atoms with Crippen LogP contribution in [0.5, 0.6) is 0 Å². The monoisotopic (exact) mass is 329 g/mol. The second-order valence-corrected chi connectivity index (χ2v) is 6.61. The van der Waals surface area contributed by atoms with Gasteiger partial charge in [0.15, 0.2) is 0 Å². The molecule has 0 aromatic carbocycles. The lowest BCUT2D eigenvalue weighted by Gasteiger charge is -2.35. The molecule has 1 unspecified atom stereocenters. The summed E-state index contributed by atoms with van der Waals surface area (Å²) >= 11 is 0. The van der Waals surface area contributed by atoms with Crippen molar-refractivity contribution in [1.29, 1.82) is 5.26 Å². The van der Waals surface area contributed by atoms with Crippen LogP contribution in [-0.2, 0) is 16.1 Å². The molecule has 1 N–H and O–H groups in total. The van der Waals surface area contributed by atoms with E-state index in [1.165, 1.54) is 4.90 Å². The number of aliphatic hydroxyl groups is 1. The molecule has 6 heteroatoms. The van der Waals surface area contributed by atoms with Gasteiger partial charge in [-0.15, -0.1) is 0 Å². The molecule has 24 heavy (non-hydrogen) atoms. The maximum absolute atomic E-state index is 12.3. The quantitative estimate of drug-likeness (QED) is 0.669. The van der Waals surface area contributed by atoms with Gasteiger partial charge in [0, 0.05) is 37.6 Å². The lowest BCUT2D eigenvalue weighted by Crippen LogP contribution is -2.53. The molecule has 3 heterocycles. The molecular weight excluding hydrogens is 306 g/mol. The number of nitriles is 1. The van der Waals surface area contributed by atoms with Gasteiger partial charge in [-0.25, -0.2) is 0 Å². The second-order valence-electron chi connectivity index (χ2n) is 6.61. The summed E-state index contributed by atoms with van der Waals surface area (Å²) in [6.07, 6.45) is 3.60. The number of nitrogens with zero attached hydrogens (tertiary/aromatic N) is 3. The first-order chi connectivity index (χ1) is 11.5. The van der Waals surface area contributed by atoms with Crippen molar-refractivity contribution in [2.75, 3.05) is 19.7 Å². The number of β-amino-alcohol motifs (C(OH)–C–C–N with tert-alkyl or cyclic N) is 1. The average molecular weight is 329 g/mol. The summed E-state index contributed by atoms with van der Waals surface area (Å²) in [6, 6.07) is 4.00. The molecule has 1 atom stereocenters. The first kappa shape index (κ1) is 16.7. The molecule has 3 rings (SSSR count). The van der Waals surface area contributed by atoms with Crippen LogP contribution in [0.4, 0.5) is 0 Å². The van der Waals surface area contributed by atoms with Gasteiger partial charge in [0.05, 0.1) is 12.2 Å². The fraction of sp³-hybridized carbons (Fsp3) is 0.556. The fourth-order valence-electron chi connectivity index (χ4n) is 3.34. The number of carbonyl (C=O) groups is 1. The van der Waals surface area contributed by atoms with Crippen molar-refractivity contribution in [3.05, 3.63) is 28.6 Å². The van der Waals surface area contributed by atoms with E-state index in [2.05, 4.69) is 4.57 Å². The standard InChI is InChI=1S/C18H23N3O3/c1-12-6-14(13(2)21(12)11-17-4-3-5-24-17)7-15(8-19)18(23)20-9-16(22)10-20/h6-7,16-17,22H,3-5,9-11H2,1-2H3/b15-7-. The fourth-order valence-corrected chi connectivity index (χ4v) is 3.34. The first-order valence-corrected chi connectivity index (χ1v) is 8.37. The molecule has 2 fully saturated rings. The zero-order chi connectivity index (χ0) is 17.3. The minimum Gasteiger partial charge on any atom is -0.389 e. The SMILES string of the molecule is Cc1cc(/C=C(/C#N)C(=O)N2CC(O)C2)c(C)n1CC1CCCO1. The largest absolute Gasteiger partial charge is 0.389 e. The predicted octanol–water partition coefficient (Wildman–Crippen LogP) is 1.39. The Balaban J connectivity index is 1.80. The molecule has 2 saturated heterocycles. The number of rotatable bonds is 4. The molecule has 6 nitrogen and oxygen atoms in total. The topological polar surface area (TPSA) is 78.5 Å². The average Bonchev–Trinajstić information content (AvgIpc) is 3.13. The van der Waals surface area contributed by atoms with E-state index in [9.17, 15) is 15.2 Å². The van der Waals surface area contributed by atoms with Crippen molar-refractivity contribution >= 4 is 12.0 Å². The number of likely N-dealkylation sites (tertiary alicyclic amines) is 1. The van der Waals surface area contributed by atoms with E-state index in [1.54, 1.807) is 6.08 Å². The Bertz CT molecular complexity index is 702. The molecule has 0 radical (unpaired) electrons. The lowest BCUT2D eigenvalue weighted by atomic mass is 10.1. The Kier molecular flexibility index (Phi) is 4.74. The number of carbonyl (C=O) groups excluding carboxylic acids is 1. The number of aryl methyl sites for hydroxylation is 1. The van der Waals surface area contributed by atoms with Gasteiger partial charge in [0.2, 0.25) is 0 Å². The van der Waals surface area contributed by atoms with Gasteiger partial charge < -0.3 is 19.3 Å². The second kappa shape index (κ2) is 6.80. The zero-order valence-electron chi connectivity index (χ0n) is 14.2. The van der Waals surface area contributed by atoms with Gasteiger partial charge in [-0.05, 0) is 44.4 Å². The van der Waals surface area contributed by atoms with Crippen LogP contribution in [0.3, 0.4) is 0 Å². The molecule has 1 aromatic heterocycles. The Morgan fingerprint density at radius 1 is 1.50 bits per heavy atom. The highest BCUT2D eigenvalue weighted by Gasteiger charge is 2.30. The van der Waals surface area contributed by atoms with E-state index in [4.69, 9.17) is 4.74 Å². The highest BCUT2D eigenvalue weighted by atomic mass is 16.5. The molecule has 0 spiro atoms. The van der Waals surface area contributed by atoms with Crippen LogP contribution >= 0.6 is 0 Å². The maximum Gasteiger partial charge on any atom is 0.264 e. The molecule has 0 bridgehead atoms. The van der Waals surface area contributed by atoms with Crippen LogP contribution in [0.1, 0.15) is 29.8 Å². The number of hydrogen-bond acceptors (Lipinski definition) is 4. The molecular formula is C18H23N3O3. The van der Waals surface area contributed by atoms with Gasteiger partial charge >= 0.3 is 0 Å². The zero-order valence-corrected chi connectivity index (χ0v) is 14.2. The number of hydrogen-bond donors (Lipinski definition) is 1. The summed E-state index contributed by atoms with van der Waals surface area (Å²) in [7, 11) is 0. The van der Waals surface area contributed by atoms with E-state index in [-0.39, 0.29) is 17.6 Å². The first-order valence-electron chi connectivity index (χ1n) is 8.37. The van der Waals surface area contributed by atoms with Crippen LogP contribution in [0.25, 0.3) is 6.08 Å². The Hall–Kier alpha value is -2.10. The van der Waals surface area contributed by atoms with E-state index >= 15 is 0 Å². The van der Waals surface area contributed by atoms with Crippen molar-refractivity contribution in [2.45, 2.75) is 45.4 Å². The molecule has 0 aliphatic carbocycles. The van der Waals surface area contributed by atoms with Crippen molar-refractivity contribution < 1.29 is 14.6 Å². The van der Waals surface area contributed by atoms with Crippen LogP contribution in [0.15, 0.2) is 11.6 Å². The van der Waals surface area contributed by atoms with Gasteiger partial charge in [-0.1, -0.05) is 0 Å².